The molecule has 1 N–H and O–H groups in total. The van der Waals surface area contributed by atoms with Crippen LogP contribution >= 0.6 is 0 Å². The van der Waals surface area contributed by atoms with Crippen LogP contribution in [0.1, 0.15) is 0 Å². The van der Waals surface area contributed by atoms with Gasteiger partial charge in [0, 0.05) is 0 Å². The maximum atomic E-state index is 10.1. The van der Waals surface area contributed by atoms with Crippen molar-refractivity contribution in [3.8, 4) is 0 Å². The summed E-state index contributed by atoms with van der Waals surface area (Å²) in [5.74, 6) is 0. The minimum absolute atomic E-state index is 0.295. The van der Waals surface area contributed by atoms with Gasteiger partial charge in [0.25, 0.3) is 0 Å². The highest BCUT2D eigenvalue weighted by Gasteiger charge is 2.13. The molecule has 5 nitrogen and oxygen atoms in total. The molecule has 0 spiro atoms. The summed E-state index contributed by atoms with van der Waals surface area (Å²) < 4.78 is 32.2. The zero-order valence-electron chi connectivity index (χ0n) is 5.28. The molecule has 1 atom stereocenters. The predicted molar refractivity (Wildman–Crippen MR) is 34.0 cm³/mol. The molecule has 0 radical (unpaired) electrons. The molecule has 60 valence electrons. The van der Waals surface area contributed by atoms with Crippen molar-refractivity contribution >= 4 is 10.9 Å². The molecule has 0 aromatic heterocycles. The van der Waals surface area contributed by atoms with Crippen molar-refractivity contribution in [2.75, 3.05) is 19.8 Å². The van der Waals surface area contributed by atoms with Crippen LogP contribution in [0.4, 0.5) is 0 Å². The molecule has 1 fully saturated rings. The first-order valence-corrected chi connectivity index (χ1v) is 4.06. The van der Waals surface area contributed by atoms with E-state index in [0.29, 0.717) is 19.8 Å². The van der Waals surface area contributed by atoms with Crippen LogP contribution in [0.3, 0.4) is 0 Å². The summed E-state index contributed by atoms with van der Waals surface area (Å²) in [4.78, 5) is 0. The van der Waals surface area contributed by atoms with Gasteiger partial charge in [0.05, 0.1) is 19.8 Å². The van der Waals surface area contributed by atoms with E-state index in [1.165, 1.54) is 0 Å². The summed E-state index contributed by atoms with van der Waals surface area (Å²) in [5.41, 5.74) is 0. The fourth-order valence-corrected chi connectivity index (χ4v) is 1.06. The molecule has 10 heavy (non-hydrogen) atoms. The van der Waals surface area contributed by atoms with Gasteiger partial charge in [0.15, 0.2) is 0 Å². The number of thiol groups is 1. The molecule has 6 heteroatoms. The first kappa shape index (κ1) is 7.93. The van der Waals surface area contributed by atoms with Crippen molar-refractivity contribution in [3.05, 3.63) is 0 Å². The molecule has 1 heterocycles. The van der Waals surface area contributed by atoms with Crippen molar-refractivity contribution in [3.63, 3.8) is 0 Å². The third kappa shape index (κ3) is 2.61. The molecular formula is C4H9NO4S. The van der Waals surface area contributed by atoms with E-state index < -0.39 is 17.1 Å². The summed E-state index contributed by atoms with van der Waals surface area (Å²) in [5, 5.41) is 0. The third-order valence-corrected chi connectivity index (χ3v) is 1.56. The van der Waals surface area contributed by atoms with Gasteiger partial charge >= 0.3 is 0 Å². The van der Waals surface area contributed by atoms with Gasteiger partial charge < -0.3 is 9.47 Å². The normalized spacial score (nSPS) is 27.1. The molecule has 1 aliphatic rings. The molecule has 1 aliphatic heterocycles. The van der Waals surface area contributed by atoms with E-state index in [9.17, 15) is 8.42 Å². The van der Waals surface area contributed by atoms with Crippen LogP contribution in [0, 0.1) is 0 Å². The molecule has 0 saturated carbocycles. The number of rotatable bonds is 2. The van der Waals surface area contributed by atoms with E-state index >= 15 is 0 Å². The van der Waals surface area contributed by atoms with Gasteiger partial charge in [-0.15, -0.1) is 0 Å². The Morgan fingerprint density at radius 1 is 1.40 bits per heavy atom. The minimum Gasteiger partial charge on any atom is -0.375 e. The number of ether oxygens (including phenoxy) is 2. The summed E-state index contributed by atoms with van der Waals surface area (Å²) in [7, 11) is -2.58. The minimum atomic E-state index is -2.58. The average Bonchev–Trinajstić information content (AvgIpc) is 1.88. The Balaban J connectivity index is 2.26. The summed E-state index contributed by atoms with van der Waals surface area (Å²) in [6, 6.07) is 0. The lowest BCUT2D eigenvalue weighted by molar-refractivity contribution is -0.0917. The highest BCUT2D eigenvalue weighted by atomic mass is 32.2. The van der Waals surface area contributed by atoms with Crippen molar-refractivity contribution in [2.24, 2.45) is 0 Å². The van der Waals surface area contributed by atoms with Crippen LogP contribution in [-0.2, 0) is 20.4 Å². The first-order valence-electron chi connectivity index (χ1n) is 2.89. The Labute approximate surface area is 60.4 Å². The molecule has 0 aromatic carbocycles. The van der Waals surface area contributed by atoms with Crippen LogP contribution in [-0.4, -0.2) is 34.5 Å². The second-order valence-corrected chi connectivity index (χ2v) is 2.59. The SMILES string of the molecule is O=[SH](=O)NC1COCCO1. The average molecular weight is 167 g/mol. The monoisotopic (exact) mass is 167 g/mol. The summed E-state index contributed by atoms with van der Waals surface area (Å²) in [6.07, 6.45) is -0.491. The van der Waals surface area contributed by atoms with Gasteiger partial charge in [-0.2, -0.15) is 4.72 Å². The number of nitrogens with one attached hydrogen (secondary N) is 1. The van der Waals surface area contributed by atoms with Crippen LogP contribution in [0.25, 0.3) is 0 Å². The fourth-order valence-electron chi connectivity index (χ4n) is 0.680. The second-order valence-electron chi connectivity index (χ2n) is 1.82. The van der Waals surface area contributed by atoms with Crippen molar-refractivity contribution in [1.82, 2.24) is 4.72 Å². The van der Waals surface area contributed by atoms with Crippen molar-refractivity contribution in [1.29, 1.82) is 0 Å². The lowest BCUT2D eigenvalue weighted by Gasteiger charge is -2.20. The van der Waals surface area contributed by atoms with E-state index in [0.717, 1.165) is 0 Å². The molecule has 0 aliphatic carbocycles. The Morgan fingerprint density at radius 2 is 2.20 bits per heavy atom. The van der Waals surface area contributed by atoms with Crippen LogP contribution in [0.5, 0.6) is 0 Å². The number of hydrogen-bond donors (Lipinski definition) is 2. The Bertz CT molecular complexity index is 155. The van der Waals surface area contributed by atoms with Crippen molar-refractivity contribution in [2.45, 2.75) is 6.23 Å². The van der Waals surface area contributed by atoms with Gasteiger partial charge in [-0.1, -0.05) is 0 Å². The van der Waals surface area contributed by atoms with Gasteiger partial charge in [-0.25, -0.2) is 8.42 Å². The standard InChI is InChI=1S/C4H9NO4S/c6-10(7)5-4-3-8-1-2-9-4/h4,10H,1-3H2,(H,5,6,7). The van der Waals surface area contributed by atoms with Crippen molar-refractivity contribution < 1.29 is 17.9 Å². The van der Waals surface area contributed by atoms with Gasteiger partial charge in [0.2, 0.25) is 10.9 Å². The lowest BCUT2D eigenvalue weighted by atomic mass is 10.6. The van der Waals surface area contributed by atoms with Gasteiger partial charge in [0.1, 0.15) is 6.23 Å². The topological polar surface area (TPSA) is 64.6 Å². The molecule has 0 amide bonds. The maximum Gasteiger partial charge on any atom is 0.203 e. The van der Waals surface area contributed by atoms with Gasteiger partial charge in [-0.3, -0.25) is 0 Å². The molecule has 0 aromatic rings. The van der Waals surface area contributed by atoms with E-state index in [2.05, 4.69) is 4.72 Å². The van der Waals surface area contributed by atoms with E-state index in [-0.39, 0.29) is 0 Å². The molecular weight excluding hydrogens is 158 g/mol. The third-order valence-electron chi connectivity index (χ3n) is 1.07. The second kappa shape index (κ2) is 3.87. The Morgan fingerprint density at radius 3 is 2.70 bits per heavy atom. The van der Waals surface area contributed by atoms with Gasteiger partial charge in [-0.05, 0) is 0 Å². The zero-order chi connectivity index (χ0) is 7.40. The highest BCUT2D eigenvalue weighted by molar-refractivity contribution is 7.70. The smallest absolute Gasteiger partial charge is 0.203 e. The molecule has 1 unspecified atom stereocenters. The first-order chi connectivity index (χ1) is 4.79. The van der Waals surface area contributed by atoms with Crippen LogP contribution < -0.4 is 4.72 Å². The fraction of sp³-hybridized carbons (Fsp3) is 1.00. The van der Waals surface area contributed by atoms with Crippen LogP contribution in [0.2, 0.25) is 0 Å². The quantitative estimate of drug-likeness (QED) is 0.490. The predicted octanol–water partition coefficient (Wildman–Crippen LogP) is -1.52. The summed E-state index contributed by atoms with van der Waals surface area (Å²) in [6.45, 7) is 1.28. The van der Waals surface area contributed by atoms with E-state index in [1.54, 1.807) is 0 Å². The highest BCUT2D eigenvalue weighted by Crippen LogP contribution is 1.95. The van der Waals surface area contributed by atoms with E-state index in [1.807, 2.05) is 0 Å². The van der Waals surface area contributed by atoms with Crippen LogP contribution in [0.15, 0.2) is 0 Å². The van der Waals surface area contributed by atoms with E-state index in [4.69, 9.17) is 9.47 Å². The summed E-state index contributed by atoms with van der Waals surface area (Å²) >= 11 is 0. The number of hydrogen-bond acceptors (Lipinski definition) is 4. The maximum absolute atomic E-state index is 10.1. The molecule has 1 saturated heterocycles. The largest absolute Gasteiger partial charge is 0.375 e. The molecule has 1 rings (SSSR count). The molecule has 0 bridgehead atoms. The Hall–Kier alpha value is -0.170. The Kier molecular flexibility index (Phi) is 3.07. The zero-order valence-corrected chi connectivity index (χ0v) is 6.17. The lowest BCUT2D eigenvalue weighted by Crippen LogP contribution is -2.39.